The molecular weight excluding hydrogens is 374 g/mol. The molecule has 0 aromatic heterocycles. The van der Waals surface area contributed by atoms with Gasteiger partial charge in [0.25, 0.3) is 0 Å². The predicted molar refractivity (Wildman–Crippen MR) is 125 cm³/mol. The lowest BCUT2D eigenvalue weighted by Crippen LogP contribution is -2.34. The first kappa shape index (κ1) is 26.7. The second kappa shape index (κ2) is 19.6. The molecule has 0 aromatic carbocycles. The average Bonchev–Trinajstić information content (AvgIpc) is 3.18. The predicted octanol–water partition coefficient (Wildman–Crippen LogP) is 7.02. The van der Waals surface area contributed by atoms with Gasteiger partial charge in [-0.05, 0) is 38.5 Å². The normalized spacial score (nSPS) is 16.3. The third kappa shape index (κ3) is 15.5. The molecule has 1 heterocycles. The van der Waals surface area contributed by atoms with Crippen LogP contribution in [0.2, 0.25) is 0 Å². The van der Waals surface area contributed by atoms with Gasteiger partial charge >= 0.3 is 5.97 Å². The zero-order chi connectivity index (χ0) is 21.7. The molecule has 4 nitrogen and oxygen atoms in total. The number of esters is 1. The summed E-state index contributed by atoms with van der Waals surface area (Å²) in [5.74, 6) is -0.320. The molecule has 0 bridgehead atoms. The number of rotatable bonds is 20. The van der Waals surface area contributed by atoms with Crippen LogP contribution in [0.15, 0.2) is 12.2 Å². The zero-order valence-corrected chi connectivity index (χ0v) is 19.6. The van der Waals surface area contributed by atoms with Crippen molar-refractivity contribution in [1.29, 1.82) is 0 Å². The number of ether oxygens (including phenoxy) is 1. The highest BCUT2D eigenvalue weighted by Crippen LogP contribution is 2.13. The first-order valence-electron chi connectivity index (χ1n) is 12.8. The van der Waals surface area contributed by atoms with E-state index in [1.807, 2.05) is 0 Å². The van der Waals surface area contributed by atoms with Crippen LogP contribution < -0.4 is 5.32 Å². The molecule has 4 heteroatoms. The largest absolute Gasteiger partial charge is 0.464 e. The fourth-order valence-electron chi connectivity index (χ4n) is 3.94. The minimum atomic E-state index is -0.414. The van der Waals surface area contributed by atoms with E-state index in [2.05, 4.69) is 24.4 Å². The molecule has 1 fully saturated rings. The summed E-state index contributed by atoms with van der Waals surface area (Å²) in [6.45, 7) is 2.75. The van der Waals surface area contributed by atoms with Crippen LogP contribution >= 0.6 is 0 Å². The van der Waals surface area contributed by atoms with Crippen LogP contribution in [-0.2, 0) is 14.3 Å². The van der Waals surface area contributed by atoms with Gasteiger partial charge in [0.2, 0.25) is 5.91 Å². The first-order valence-corrected chi connectivity index (χ1v) is 12.8. The van der Waals surface area contributed by atoms with Crippen LogP contribution in [0, 0.1) is 0 Å². The third-order valence-corrected chi connectivity index (χ3v) is 5.93. The molecule has 0 spiro atoms. The van der Waals surface area contributed by atoms with Crippen molar-refractivity contribution in [2.24, 2.45) is 0 Å². The fraction of sp³-hybridized carbons (Fsp3) is 0.846. The molecule has 1 atom stereocenters. The minimum absolute atomic E-state index is 0.0477. The van der Waals surface area contributed by atoms with E-state index in [1.54, 1.807) is 0 Å². The van der Waals surface area contributed by atoms with E-state index >= 15 is 0 Å². The van der Waals surface area contributed by atoms with Crippen molar-refractivity contribution < 1.29 is 14.3 Å². The van der Waals surface area contributed by atoms with Gasteiger partial charge in [0.05, 0.1) is 6.61 Å². The number of amides is 1. The lowest BCUT2D eigenvalue weighted by atomic mass is 10.1. The molecule has 1 aliphatic rings. The molecule has 0 saturated carbocycles. The number of allylic oxidation sites excluding steroid dienone is 2. The van der Waals surface area contributed by atoms with Crippen LogP contribution in [0.25, 0.3) is 0 Å². The first-order chi connectivity index (χ1) is 14.7. The van der Waals surface area contributed by atoms with Crippen LogP contribution in [0.4, 0.5) is 0 Å². The number of unbranched alkanes of at least 4 members (excludes halogenated alkanes) is 15. The Labute approximate surface area is 185 Å². The van der Waals surface area contributed by atoms with Gasteiger partial charge in [0.15, 0.2) is 0 Å². The Morgan fingerprint density at radius 2 is 1.33 bits per heavy atom. The van der Waals surface area contributed by atoms with Crippen molar-refractivity contribution in [2.75, 3.05) is 6.61 Å². The number of carbonyl (C=O) groups is 2. The molecule has 1 saturated heterocycles. The quantitative estimate of drug-likeness (QED) is 0.131. The molecule has 0 unspecified atom stereocenters. The fourth-order valence-corrected chi connectivity index (χ4v) is 3.94. The molecule has 1 amide bonds. The monoisotopic (exact) mass is 421 g/mol. The highest BCUT2D eigenvalue weighted by Gasteiger charge is 2.28. The third-order valence-electron chi connectivity index (χ3n) is 5.93. The Morgan fingerprint density at radius 1 is 0.833 bits per heavy atom. The van der Waals surface area contributed by atoms with E-state index in [0.717, 1.165) is 19.3 Å². The standard InChI is InChI=1S/C26H47NO3/c1-2-3-4-5-6-7-8-9-10-11-12-13-14-15-16-17-18-19-20-23-30-26(29)24-21-22-25(28)27-24/h14-15,24H,2-13,16-23H2,1H3,(H,27,28)/b15-14+/t24-/m0/s1. The van der Waals surface area contributed by atoms with Gasteiger partial charge in [0, 0.05) is 6.42 Å². The molecule has 1 rings (SSSR count). The lowest BCUT2D eigenvalue weighted by Gasteiger charge is -2.09. The van der Waals surface area contributed by atoms with Crippen molar-refractivity contribution in [3.63, 3.8) is 0 Å². The number of nitrogens with one attached hydrogen (secondary N) is 1. The lowest BCUT2D eigenvalue weighted by molar-refractivity contribution is -0.146. The summed E-state index contributed by atoms with van der Waals surface area (Å²) in [4.78, 5) is 22.8. The molecule has 1 N–H and O–H groups in total. The van der Waals surface area contributed by atoms with Crippen LogP contribution in [0.5, 0.6) is 0 Å². The summed E-state index contributed by atoms with van der Waals surface area (Å²) in [6.07, 6.45) is 27.9. The van der Waals surface area contributed by atoms with Gasteiger partial charge in [-0.1, -0.05) is 96.1 Å². The molecule has 0 aromatic rings. The summed E-state index contributed by atoms with van der Waals surface area (Å²) < 4.78 is 5.24. The average molecular weight is 422 g/mol. The van der Waals surface area contributed by atoms with Crippen LogP contribution in [-0.4, -0.2) is 24.5 Å². The Morgan fingerprint density at radius 3 is 1.83 bits per heavy atom. The minimum Gasteiger partial charge on any atom is -0.464 e. The molecule has 174 valence electrons. The Kier molecular flexibility index (Phi) is 17.5. The van der Waals surface area contributed by atoms with E-state index in [9.17, 15) is 9.59 Å². The number of hydrogen-bond acceptors (Lipinski definition) is 3. The van der Waals surface area contributed by atoms with Gasteiger partial charge in [0.1, 0.15) is 6.04 Å². The highest BCUT2D eigenvalue weighted by atomic mass is 16.5. The van der Waals surface area contributed by atoms with Crippen molar-refractivity contribution in [1.82, 2.24) is 5.32 Å². The molecule has 30 heavy (non-hydrogen) atoms. The van der Waals surface area contributed by atoms with Crippen molar-refractivity contribution >= 4 is 11.9 Å². The molecule has 0 aliphatic carbocycles. The maximum atomic E-state index is 11.7. The molecular formula is C26H47NO3. The second-order valence-electron chi connectivity index (χ2n) is 8.82. The topological polar surface area (TPSA) is 55.4 Å². The van der Waals surface area contributed by atoms with E-state index in [0.29, 0.717) is 19.4 Å². The second-order valence-corrected chi connectivity index (χ2v) is 8.82. The Balaban J connectivity index is 1.74. The van der Waals surface area contributed by atoms with Crippen molar-refractivity contribution in [3.8, 4) is 0 Å². The van der Waals surface area contributed by atoms with Crippen molar-refractivity contribution in [3.05, 3.63) is 12.2 Å². The van der Waals surface area contributed by atoms with E-state index in [1.165, 1.54) is 89.9 Å². The maximum absolute atomic E-state index is 11.7. The molecule has 0 radical (unpaired) electrons. The maximum Gasteiger partial charge on any atom is 0.328 e. The Hall–Kier alpha value is -1.32. The number of hydrogen-bond donors (Lipinski definition) is 1. The number of carbonyl (C=O) groups excluding carboxylic acids is 2. The van der Waals surface area contributed by atoms with Gasteiger partial charge in [-0.15, -0.1) is 0 Å². The smallest absolute Gasteiger partial charge is 0.328 e. The highest BCUT2D eigenvalue weighted by molar-refractivity contribution is 5.87. The van der Waals surface area contributed by atoms with Gasteiger partial charge in [-0.3, -0.25) is 4.79 Å². The molecule has 1 aliphatic heterocycles. The summed E-state index contributed by atoms with van der Waals surface area (Å²) in [5.41, 5.74) is 0. The van der Waals surface area contributed by atoms with Crippen LogP contribution in [0.3, 0.4) is 0 Å². The summed E-state index contributed by atoms with van der Waals surface area (Å²) >= 11 is 0. The van der Waals surface area contributed by atoms with E-state index in [4.69, 9.17) is 4.74 Å². The van der Waals surface area contributed by atoms with E-state index < -0.39 is 6.04 Å². The summed E-state index contributed by atoms with van der Waals surface area (Å²) in [5, 5.41) is 2.64. The van der Waals surface area contributed by atoms with Gasteiger partial charge in [-0.25, -0.2) is 4.79 Å². The van der Waals surface area contributed by atoms with Crippen molar-refractivity contribution in [2.45, 2.75) is 135 Å². The summed E-state index contributed by atoms with van der Waals surface area (Å²) in [7, 11) is 0. The van der Waals surface area contributed by atoms with Gasteiger partial charge < -0.3 is 10.1 Å². The summed E-state index contributed by atoms with van der Waals surface area (Å²) in [6, 6.07) is -0.414. The van der Waals surface area contributed by atoms with Gasteiger partial charge in [-0.2, -0.15) is 0 Å². The zero-order valence-electron chi connectivity index (χ0n) is 19.6. The van der Waals surface area contributed by atoms with E-state index in [-0.39, 0.29) is 11.9 Å². The SMILES string of the molecule is CCCCCCCCCCCCC/C=C/CCCCCCOC(=O)[C@@H]1CCC(=O)N1. The Bertz CT molecular complexity index is 461. The van der Waals surface area contributed by atoms with Crippen LogP contribution in [0.1, 0.15) is 129 Å².